The highest BCUT2D eigenvalue weighted by Gasteiger charge is 2.23. The third kappa shape index (κ3) is 4.56. The number of fused-ring (bicyclic) bond motifs is 1. The summed E-state index contributed by atoms with van der Waals surface area (Å²) < 4.78 is 0. The lowest BCUT2D eigenvalue weighted by atomic mass is 9.90. The lowest BCUT2D eigenvalue weighted by Crippen LogP contribution is -2.54. The Morgan fingerprint density at radius 3 is 2.79 bits per heavy atom. The summed E-state index contributed by atoms with van der Waals surface area (Å²) in [5.41, 5.74) is 6.45. The SMILES string of the molecule is CC1CCc2sc(C(=O)NNC(=O)N3CCN(Cc4cccs4)CC3)cc2C1. The number of piperazine rings is 1. The molecular formula is C20H26N4O2S2. The molecular weight excluding hydrogens is 392 g/mol. The summed E-state index contributed by atoms with van der Waals surface area (Å²) in [5, 5.41) is 2.09. The predicted octanol–water partition coefficient (Wildman–Crippen LogP) is 3.11. The van der Waals surface area contributed by atoms with Crippen LogP contribution in [0.15, 0.2) is 23.6 Å². The topological polar surface area (TPSA) is 64.7 Å². The number of hydrogen-bond acceptors (Lipinski definition) is 5. The maximum atomic E-state index is 12.4. The smallest absolute Gasteiger partial charge is 0.321 e. The molecule has 2 aliphatic rings. The first-order valence-corrected chi connectivity index (χ1v) is 11.5. The van der Waals surface area contributed by atoms with Crippen LogP contribution in [0.4, 0.5) is 4.79 Å². The summed E-state index contributed by atoms with van der Waals surface area (Å²) >= 11 is 3.31. The van der Waals surface area contributed by atoms with E-state index < -0.39 is 0 Å². The standard InChI is InChI=1S/C20H26N4O2S2/c1-14-4-5-17-15(11-14)12-18(28-17)19(25)21-22-20(26)24-8-6-23(7-9-24)13-16-3-2-10-27-16/h2-3,10,12,14H,4-9,11,13H2,1H3,(H,21,25)(H,22,26). The number of nitrogens with one attached hydrogen (secondary N) is 2. The molecule has 1 saturated heterocycles. The van der Waals surface area contributed by atoms with Gasteiger partial charge in [0.15, 0.2) is 0 Å². The van der Waals surface area contributed by atoms with Gasteiger partial charge in [0.2, 0.25) is 0 Å². The lowest BCUT2D eigenvalue weighted by Gasteiger charge is -2.34. The highest BCUT2D eigenvalue weighted by molar-refractivity contribution is 7.14. The van der Waals surface area contributed by atoms with Crippen LogP contribution < -0.4 is 10.9 Å². The number of carbonyl (C=O) groups excluding carboxylic acids is 2. The monoisotopic (exact) mass is 418 g/mol. The second-order valence-electron chi connectivity index (χ2n) is 7.63. The first kappa shape index (κ1) is 19.4. The van der Waals surface area contributed by atoms with Gasteiger partial charge in [0.05, 0.1) is 4.88 Å². The van der Waals surface area contributed by atoms with Crippen LogP contribution in [-0.4, -0.2) is 47.9 Å². The van der Waals surface area contributed by atoms with Gasteiger partial charge in [-0.25, -0.2) is 10.2 Å². The molecule has 3 amide bonds. The van der Waals surface area contributed by atoms with Gasteiger partial charge in [-0.2, -0.15) is 0 Å². The zero-order chi connectivity index (χ0) is 19.5. The first-order valence-electron chi connectivity index (χ1n) is 9.80. The van der Waals surface area contributed by atoms with Gasteiger partial charge in [0.1, 0.15) is 0 Å². The Kier molecular flexibility index (Phi) is 5.99. The first-order chi connectivity index (χ1) is 13.6. The minimum Gasteiger partial charge on any atom is -0.321 e. The third-order valence-corrected chi connectivity index (χ3v) is 7.55. The quantitative estimate of drug-likeness (QED) is 0.753. The number of amides is 3. The molecule has 1 aliphatic heterocycles. The van der Waals surface area contributed by atoms with Crippen LogP contribution in [0.5, 0.6) is 0 Å². The van der Waals surface area contributed by atoms with Crippen LogP contribution in [-0.2, 0) is 19.4 Å². The van der Waals surface area contributed by atoms with Crippen molar-refractivity contribution in [1.29, 1.82) is 0 Å². The van der Waals surface area contributed by atoms with E-state index in [0.29, 0.717) is 23.9 Å². The van der Waals surface area contributed by atoms with Crippen LogP contribution in [0.25, 0.3) is 0 Å². The number of aryl methyl sites for hydroxylation is 1. The maximum Gasteiger partial charge on any atom is 0.336 e. The summed E-state index contributed by atoms with van der Waals surface area (Å²) in [6.45, 7) is 6.20. The molecule has 0 radical (unpaired) electrons. The van der Waals surface area contributed by atoms with Crippen molar-refractivity contribution in [2.24, 2.45) is 5.92 Å². The number of carbonyl (C=O) groups is 2. The minimum absolute atomic E-state index is 0.225. The molecule has 3 heterocycles. The molecule has 1 atom stereocenters. The molecule has 1 aliphatic carbocycles. The van der Waals surface area contributed by atoms with Gasteiger partial charge >= 0.3 is 6.03 Å². The Labute approximate surface area is 173 Å². The molecule has 0 bridgehead atoms. The van der Waals surface area contributed by atoms with Gasteiger partial charge in [0.25, 0.3) is 5.91 Å². The van der Waals surface area contributed by atoms with Crippen molar-refractivity contribution in [1.82, 2.24) is 20.7 Å². The number of urea groups is 1. The molecule has 6 nitrogen and oxygen atoms in total. The zero-order valence-electron chi connectivity index (χ0n) is 16.1. The molecule has 4 rings (SSSR count). The van der Waals surface area contributed by atoms with E-state index in [9.17, 15) is 9.59 Å². The summed E-state index contributed by atoms with van der Waals surface area (Å²) in [6.07, 6.45) is 3.28. The summed E-state index contributed by atoms with van der Waals surface area (Å²) in [5.74, 6) is 0.452. The van der Waals surface area contributed by atoms with Crippen LogP contribution in [0.3, 0.4) is 0 Å². The molecule has 2 aromatic rings. The van der Waals surface area contributed by atoms with Crippen molar-refractivity contribution >= 4 is 34.6 Å². The maximum absolute atomic E-state index is 12.4. The highest BCUT2D eigenvalue weighted by Crippen LogP contribution is 2.32. The van der Waals surface area contributed by atoms with Crippen LogP contribution >= 0.6 is 22.7 Å². The van der Waals surface area contributed by atoms with E-state index in [0.717, 1.165) is 32.5 Å². The zero-order valence-corrected chi connectivity index (χ0v) is 17.7. The van der Waals surface area contributed by atoms with Gasteiger partial charge in [-0.1, -0.05) is 13.0 Å². The molecule has 0 saturated carbocycles. The molecule has 0 aromatic carbocycles. The molecule has 150 valence electrons. The van der Waals surface area contributed by atoms with E-state index in [1.54, 1.807) is 27.6 Å². The van der Waals surface area contributed by atoms with Gasteiger partial charge in [-0.3, -0.25) is 15.1 Å². The Hall–Kier alpha value is -1.90. The van der Waals surface area contributed by atoms with Crippen molar-refractivity contribution < 1.29 is 9.59 Å². The minimum atomic E-state index is -0.237. The van der Waals surface area contributed by atoms with E-state index in [-0.39, 0.29) is 11.9 Å². The second-order valence-corrected chi connectivity index (χ2v) is 9.80. The normalized spacial score (nSPS) is 19.9. The van der Waals surface area contributed by atoms with Crippen molar-refractivity contribution in [2.45, 2.75) is 32.7 Å². The van der Waals surface area contributed by atoms with Crippen molar-refractivity contribution in [3.05, 3.63) is 43.8 Å². The lowest BCUT2D eigenvalue weighted by molar-refractivity contribution is 0.0923. The molecule has 2 aromatic heterocycles. The number of thiophene rings is 2. The van der Waals surface area contributed by atoms with Gasteiger partial charge in [-0.15, -0.1) is 22.7 Å². The van der Waals surface area contributed by atoms with E-state index in [1.807, 2.05) is 6.07 Å². The molecule has 8 heteroatoms. The van der Waals surface area contributed by atoms with Crippen molar-refractivity contribution in [2.75, 3.05) is 26.2 Å². The molecule has 1 fully saturated rings. The van der Waals surface area contributed by atoms with Crippen LogP contribution in [0.1, 0.15) is 38.3 Å². The molecule has 2 N–H and O–H groups in total. The number of hydrogen-bond donors (Lipinski definition) is 2. The second kappa shape index (κ2) is 8.63. The highest BCUT2D eigenvalue weighted by atomic mass is 32.1. The molecule has 0 spiro atoms. The Morgan fingerprint density at radius 1 is 1.21 bits per heavy atom. The summed E-state index contributed by atoms with van der Waals surface area (Å²) in [6, 6.07) is 5.96. The molecule has 1 unspecified atom stereocenters. The fourth-order valence-electron chi connectivity index (χ4n) is 3.80. The average molecular weight is 419 g/mol. The van der Waals surface area contributed by atoms with Crippen LogP contribution in [0.2, 0.25) is 0 Å². The number of nitrogens with zero attached hydrogens (tertiary/aromatic N) is 2. The Morgan fingerprint density at radius 2 is 2.04 bits per heavy atom. The van der Waals surface area contributed by atoms with E-state index in [1.165, 1.54) is 21.7 Å². The summed E-state index contributed by atoms with van der Waals surface area (Å²) in [4.78, 5) is 32.3. The van der Waals surface area contributed by atoms with Gasteiger partial charge < -0.3 is 4.90 Å². The van der Waals surface area contributed by atoms with Crippen LogP contribution in [0, 0.1) is 5.92 Å². The number of rotatable bonds is 3. The van der Waals surface area contributed by atoms with Gasteiger partial charge in [0, 0.05) is 42.5 Å². The summed E-state index contributed by atoms with van der Waals surface area (Å²) in [7, 11) is 0. The third-order valence-electron chi connectivity index (χ3n) is 5.46. The molecule has 28 heavy (non-hydrogen) atoms. The predicted molar refractivity (Wildman–Crippen MR) is 113 cm³/mol. The van der Waals surface area contributed by atoms with Gasteiger partial charge in [-0.05, 0) is 48.3 Å². The fraction of sp³-hybridized carbons (Fsp3) is 0.500. The van der Waals surface area contributed by atoms with E-state index >= 15 is 0 Å². The van der Waals surface area contributed by atoms with Crippen molar-refractivity contribution in [3.8, 4) is 0 Å². The number of hydrazine groups is 1. The Bertz CT molecular complexity index is 825. The van der Waals surface area contributed by atoms with E-state index in [4.69, 9.17) is 0 Å². The van der Waals surface area contributed by atoms with E-state index in [2.05, 4.69) is 40.2 Å². The largest absolute Gasteiger partial charge is 0.336 e. The fourth-order valence-corrected chi connectivity index (χ4v) is 5.65. The Balaban J connectivity index is 1.23. The average Bonchev–Trinajstić information content (AvgIpc) is 3.35. The van der Waals surface area contributed by atoms with Crippen molar-refractivity contribution in [3.63, 3.8) is 0 Å².